The minimum atomic E-state index is -0.950. The minimum absolute atomic E-state index is 0.151. The Hall–Kier alpha value is -2.59. The number of rotatable bonds is 5. The third-order valence-electron chi connectivity index (χ3n) is 5.45. The molecule has 1 heterocycles. The van der Waals surface area contributed by atoms with E-state index in [0.29, 0.717) is 6.54 Å². The fourth-order valence-electron chi connectivity index (χ4n) is 3.70. The summed E-state index contributed by atoms with van der Waals surface area (Å²) in [6, 6.07) is 12.4. The standard InChI is InChI=1S/C23H28N2O2/c1-13-8-14(2)10-16(9-13)21-20(15(3)12-24)18-11-17(6-7-19(18)25-21)23(4,5)22(26)27/h6-11,15,25H,12,24H2,1-5H3,(H,26,27). The number of hydrogen-bond donors (Lipinski definition) is 3. The van der Waals surface area contributed by atoms with Crippen LogP contribution in [-0.2, 0) is 10.2 Å². The minimum Gasteiger partial charge on any atom is -0.481 e. The van der Waals surface area contributed by atoms with Gasteiger partial charge in [-0.05, 0) is 81.1 Å². The van der Waals surface area contributed by atoms with Gasteiger partial charge in [0.1, 0.15) is 0 Å². The molecule has 4 N–H and O–H groups in total. The average Bonchev–Trinajstić information content (AvgIpc) is 2.98. The number of aliphatic carboxylic acids is 1. The zero-order valence-electron chi connectivity index (χ0n) is 16.7. The number of aryl methyl sites for hydroxylation is 2. The Bertz CT molecular complexity index is 994. The van der Waals surface area contributed by atoms with Crippen LogP contribution < -0.4 is 5.73 Å². The molecule has 0 aliphatic rings. The maximum absolute atomic E-state index is 11.7. The third kappa shape index (κ3) is 3.37. The van der Waals surface area contributed by atoms with Gasteiger partial charge < -0.3 is 15.8 Å². The molecule has 0 amide bonds. The molecule has 1 atom stereocenters. The highest BCUT2D eigenvalue weighted by atomic mass is 16.4. The van der Waals surface area contributed by atoms with Gasteiger partial charge in [0.25, 0.3) is 0 Å². The van der Waals surface area contributed by atoms with E-state index in [2.05, 4.69) is 44.0 Å². The number of carboxylic acid groups (broad SMARTS) is 1. The van der Waals surface area contributed by atoms with Gasteiger partial charge in [-0.25, -0.2) is 0 Å². The van der Waals surface area contributed by atoms with Gasteiger partial charge in [-0.15, -0.1) is 0 Å². The number of fused-ring (bicyclic) bond motifs is 1. The first-order chi connectivity index (χ1) is 12.6. The van der Waals surface area contributed by atoms with Crippen molar-refractivity contribution in [1.29, 1.82) is 0 Å². The van der Waals surface area contributed by atoms with E-state index >= 15 is 0 Å². The van der Waals surface area contributed by atoms with Crippen molar-refractivity contribution >= 4 is 16.9 Å². The lowest BCUT2D eigenvalue weighted by Gasteiger charge is -2.20. The predicted octanol–water partition coefficient (Wildman–Crippen LogP) is 4.88. The Kier molecular flexibility index (Phi) is 4.87. The van der Waals surface area contributed by atoms with Gasteiger partial charge >= 0.3 is 5.97 Å². The number of benzene rings is 2. The van der Waals surface area contributed by atoms with E-state index in [4.69, 9.17) is 5.73 Å². The number of H-pyrrole nitrogens is 1. The molecule has 0 saturated carbocycles. The second-order valence-electron chi connectivity index (χ2n) is 8.12. The highest BCUT2D eigenvalue weighted by Gasteiger charge is 2.30. The second kappa shape index (κ2) is 6.86. The number of carboxylic acids is 1. The van der Waals surface area contributed by atoms with Crippen LogP contribution in [0.3, 0.4) is 0 Å². The van der Waals surface area contributed by atoms with Crippen molar-refractivity contribution < 1.29 is 9.90 Å². The molecule has 0 radical (unpaired) electrons. The summed E-state index contributed by atoms with van der Waals surface area (Å²) in [4.78, 5) is 15.3. The fraction of sp³-hybridized carbons (Fsp3) is 0.348. The van der Waals surface area contributed by atoms with E-state index < -0.39 is 11.4 Å². The largest absolute Gasteiger partial charge is 0.481 e. The van der Waals surface area contributed by atoms with Crippen LogP contribution in [0.15, 0.2) is 36.4 Å². The van der Waals surface area contributed by atoms with Crippen molar-refractivity contribution in [2.75, 3.05) is 6.54 Å². The Morgan fingerprint density at radius 2 is 1.78 bits per heavy atom. The monoisotopic (exact) mass is 364 g/mol. The number of hydrogen-bond acceptors (Lipinski definition) is 2. The Morgan fingerprint density at radius 1 is 1.15 bits per heavy atom. The van der Waals surface area contributed by atoms with Crippen molar-refractivity contribution in [1.82, 2.24) is 4.98 Å². The molecule has 142 valence electrons. The molecule has 27 heavy (non-hydrogen) atoms. The van der Waals surface area contributed by atoms with Gasteiger partial charge in [0.15, 0.2) is 0 Å². The molecule has 0 aliphatic carbocycles. The topological polar surface area (TPSA) is 79.1 Å². The van der Waals surface area contributed by atoms with E-state index in [1.165, 1.54) is 11.1 Å². The van der Waals surface area contributed by atoms with Crippen LogP contribution in [0.2, 0.25) is 0 Å². The van der Waals surface area contributed by atoms with Crippen molar-refractivity contribution in [3.63, 3.8) is 0 Å². The first kappa shape index (κ1) is 19.2. The predicted molar refractivity (Wildman–Crippen MR) is 111 cm³/mol. The molecule has 2 aromatic carbocycles. The smallest absolute Gasteiger partial charge is 0.313 e. The summed E-state index contributed by atoms with van der Waals surface area (Å²) >= 11 is 0. The molecule has 3 aromatic rings. The maximum Gasteiger partial charge on any atom is 0.313 e. The van der Waals surface area contributed by atoms with Crippen molar-refractivity contribution in [3.8, 4) is 11.3 Å². The molecule has 0 bridgehead atoms. The highest BCUT2D eigenvalue weighted by Crippen LogP contribution is 2.38. The van der Waals surface area contributed by atoms with Crippen LogP contribution in [-0.4, -0.2) is 22.6 Å². The molecule has 4 nitrogen and oxygen atoms in total. The molecule has 1 unspecified atom stereocenters. The van der Waals surface area contributed by atoms with E-state index in [1.807, 2.05) is 18.2 Å². The van der Waals surface area contributed by atoms with E-state index in [9.17, 15) is 9.90 Å². The molecule has 0 spiro atoms. The van der Waals surface area contributed by atoms with Crippen LogP contribution in [0.4, 0.5) is 0 Å². The van der Waals surface area contributed by atoms with Gasteiger partial charge in [0, 0.05) is 10.9 Å². The van der Waals surface area contributed by atoms with Crippen LogP contribution in [0.25, 0.3) is 22.2 Å². The SMILES string of the molecule is Cc1cc(C)cc(-c2[nH]c3ccc(C(C)(C)C(=O)O)cc3c2C(C)CN)c1. The molecule has 3 rings (SSSR count). The Balaban J connectivity index is 2.30. The summed E-state index contributed by atoms with van der Waals surface area (Å²) in [5, 5.41) is 10.7. The van der Waals surface area contributed by atoms with Crippen LogP contribution in [0.5, 0.6) is 0 Å². The summed E-state index contributed by atoms with van der Waals surface area (Å²) in [5.74, 6) is -0.682. The Morgan fingerprint density at radius 3 is 2.33 bits per heavy atom. The summed E-state index contributed by atoms with van der Waals surface area (Å²) < 4.78 is 0. The summed E-state index contributed by atoms with van der Waals surface area (Å²) in [6.07, 6.45) is 0. The number of nitrogens with one attached hydrogen (secondary N) is 1. The molecule has 0 fully saturated rings. The van der Waals surface area contributed by atoms with Crippen molar-refractivity contribution in [2.24, 2.45) is 5.73 Å². The average molecular weight is 364 g/mol. The molecule has 0 saturated heterocycles. The second-order valence-corrected chi connectivity index (χ2v) is 8.12. The lowest BCUT2D eigenvalue weighted by Crippen LogP contribution is -2.28. The van der Waals surface area contributed by atoms with Gasteiger partial charge in [-0.1, -0.05) is 30.2 Å². The van der Waals surface area contributed by atoms with Gasteiger partial charge in [-0.3, -0.25) is 4.79 Å². The lowest BCUT2D eigenvalue weighted by molar-refractivity contribution is -0.142. The number of aromatic amines is 1. The first-order valence-corrected chi connectivity index (χ1v) is 9.33. The third-order valence-corrected chi connectivity index (χ3v) is 5.45. The van der Waals surface area contributed by atoms with Crippen LogP contribution >= 0.6 is 0 Å². The summed E-state index contributed by atoms with van der Waals surface area (Å²) in [5.41, 5.74) is 12.7. The zero-order chi connectivity index (χ0) is 19.9. The van der Waals surface area contributed by atoms with Gasteiger partial charge in [0.05, 0.1) is 11.1 Å². The van der Waals surface area contributed by atoms with E-state index in [-0.39, 0.29) is 5.92 Å². The molecule has 0 aliphatic heterocycles. The zero-order valence-corrected chi connectivity index (χ0v) is 16.7. The molecule has 4 heteroatoms. The normalized spacial score (nSPS) is 13.1. The summed E-state index contributed by atoms with van der Waals surface area (Å²) in [6.45, 7) is 10.3. The van der Waals surface area contributed by atoms with E-state index in [0.717, 1.165) is 33.3 Å². The Labute approximate surface area is 160 Å². The molecular weight excluding hydrogens is 336 g/mol. The number of carbonyl (C=O) groups is 1. The summed E-state index contributed by atoms with van der Waals surface area (Å²) in [7, 11) is 0. The molecule has 1 aromatic heterocycles. The molecular formula is C23H28N2O2. The first-order valence-electron chi connectivity index (χ1n) is 9.33. The maximum atomic E-state index is 11.7. The van der Waals surface area contributed by atoms with Gasteiger partial charge in [-0.2, -0.15) is 0 Å². The quantitative estimate of drug-likeness (QED) is 0.604. The lowest BCUT2D eigenvalue weighted by atomic mass is 9.83. The van der Waals surface area contributed by atoms with Crippen LogP contribution in [0.1, 0.15) is 48.9 Å². The van der Waals surface area contributed by atoms with Crippen molar-refractivity contribution in [3.05, 3.63) is 58.7 Å². The number of aromatic nitrogens is 1. The van der Waals surface area contributed by atoms with Crippen molar-refractivity contribution in [2.45, 2.75) is 46.0 Å². The van der Waals surface area contributed by atoms with E-state index in [1.54, 1.807) is 13.8 Å². The number of nitrogens with two attached hydrogens (primary N) is 1. The fourth-order valence-corrected chi connectivity index (χ4v) is 3.70. The van der Waals surface area contributed by atoms with Crippen LogP contribution in [0, 0.1) is 13.8 Å². The van der Waals surface area contributed by atoms with Gasteiger partial charge in [0.2, 0.25) is 0 Å². The highest BCUT2D eigenvalue weighted by molar-refractivity contribution is 5.93.